The van der Waals surface area contributed by atoms with Crippen molar-refractivity contribution >= 4 is 21.8 Å². The van der Waals surface area contributed by atoms with Gasteiger partial charge in [0.2, 0.25) is 15.8 Å². The number of nitrogens with zero attached hydrogens (tertiary/aromatic N) is 1. The Morgan fingerprint density at radius 3 is 2.33 bits per heavy atom. The fourth-order valence-corrected chi connectivity index (χ4v) is 5.45. The van der Waals surface area contributed by atoms with Crippen molar-refractivity contribution < 1.29 is 35.9 Å². The molecule has 0 spiro atoms. The van der Waals surface area contributed by atoms with Crippen molar-refractivity contribution in [3.8, 4) is 0 Å². The summed E-state index contributed by atoms with van der Waals surface area (Å²) in [6.07, 6.45) is -4.64. The maximum Gasteiger partial charge on any atom is 0.417 e. The highest BCUT2D eigenvalue weighted by Gasteiger charge is 2.40. The molecular formula is C23H24F3NO5S. The highest BCUT2D eigenvalue weighted by Crippen LogP contribution is 2.36. The normalized spacial score (nSPS) is 15.9. The first-order valence-electron chi connectivity index (χ1n) is 10.3. The molecule has 1 aliphatic rings. The number of piperidine rings is 1. The third kappa shape index (κ3) is 5.62. The minimum atomic E-state index is -4.81. The van der Waals surface area contributed by atoms with Gasteiger partial charge in [-0.25, -0.2) is 8.42 Å². The van der Waals surface area contributed by atoms with Crippen molar-refractivity contribution in [1.82, 2.24) is 4.31 Å². The Morgan fingerprint density at radius 1 is 1.06 bits per heavy atom. The van der Waals surface area contributed by atoms with Crippen LogP contribution in [-0.2, 0) is 25.7 Å². The number of Topliss-reactive ketones (excluding diaryl/α,β-unsaturated/α-hetero) is 1. The van der Waals surface area contributed by atoms with E-state index in [0.717, 1.165) is 33.6 Å². The number of hydrogen-bond donors (Lipinski definition) is 0. The van der Waals surface area contributed by atoms with Crippen LogP contribution in [0.3, 0.4) is 0 Å². The number of ether oxygens (including phenoxy) is 1. The molecule has 1 aliphatic heterocycles. The van der Waals surface area contributed by atoms with E-state index in [4.69, 9.17) is 4.74 Å². The number of hydrogen-bond acceptors (Lipinski definition) is 5. The summed E-state index contributed by atoms with van der Waals surface area (Å²) in [5.74, 6) is -1.60. The van der Waals surface area contributed by atoms with Gasteiger partial charge in [0, 0.05) is 18.7 Å². The second kappa shape index (κ2) is 9.64. The molecule has 0 aromatic heterocycles. The molecule has 0 amide bonds. The molecule has 0 atom stereocenters. The number of benzene rings is 2. The summed E-state index contributed by atoms with van der Waals surface area (Å²) in [6.45, 7) is 2.94. The van der Waals surface area contributed by atoms with Crippen molar-refractivity contribution in [3.63, 3.8) is 0 Å². The average Bonchev–Trinajstić information content (AvgIpc) is 2.78. The van der Waals surface area contributed by atoms with Gasteiger partial charge in [0.15, 0.2) is 6.61 Å². The standard InChI is InChI=1S/C23H24F3NO5S/c1-15-7-8-16(2)18(13-15)20(28)14-32-22(29)17-9-11-27(12-10-17)33(30,31)21-6-4-3-5-19(21)23(24,25)26/h3-8,13,17H,9-12,14H2,1-2H3. The average molecular weight is 484 g/mol. The van der Waals surface area contributed by atoms with Gasteiger partial charge >= 0.3 is 12.1 Å². The third-order valence-electron chi connectivity index (χ3n) is 5.64. The number of carbonyl (C=O) groups is 2. The van der Waals surface area contributed by atoms with Gasteiger partial charge in [-0.15, -0.1) is 0 Å². The molecule has 0 saturated carbocycles. The van der Waals surface area contributed by atoms with E-state index in [1.165, 1.54) is 6.07 Å². The van der Waals surface area contributed by atoms with Crippen molar-refractivity contribution in [2.24, 2.45) is 5.92 Å². The molecule has 2 aromatic carbocycles. The van der Waals surface area contributed by atoms with Crippen molar-refractivity contribution in [3.05, 3.63) is 64.7 Å². The first-order valence-corrected chi connectivity index (χ1v) is 11.8. The Bertz CT molecular complexity index is 1150. The van der Waals surface area contributed by atoms with Gasteiger partial charge in [-0.3, -0.25) is 9.59 Å². The summed E-state index contributed by atoms with van der Waals surface area (Å²) in [5, 5.41) is 0. The molecule has 0 N–H and O–H groups in total. The quantitative estimate of drug-likeness (QED) is 0.456. The van der Waals surface area contributed by atoms with Gasteiger partial charge in [0.05, 0.1) is 16.4 Å². The first-order chi connectivity index (χ1) is 15.4. The van der Waals surface area contributed by atoms with Crippen LogP contribution >= 0.6 is 0 Å². The van der Waals surface area contributed by atoms with Crippen molar-refractivity contribution in [1.29, 1.82) is 0 Å². The predicted octanol–water partition coefficient (Wildman–Crippen LogP) is 4.15. The molecule has 33 heavy (non-hydrogen) atoms. The van der Waals surface area contributed by atoms with Gasteiger partial charge < -0.3 is 4.74 Å². The van der Waals surface area contributed by atoms with E-state index in [9.17, 15) is 31.2 Å². The lowest BCUT2D eigenvalue weighted by Crippen LogP contribution is -2.41. The van der Waals surface area contributed by atoms with Gasteiger partial charge in [-0.1, -0.05) is 29.8 Å². The molecule has 0 unspecified atom stereocenters. The van der Waals surface area contributed by atoms with E-state index in [0.29, 0.717) is 5.56 Å². The summed E-state index contributed by atoms with van der Waals surface area (Å²) >= 11 is 0. The fourth-order valence-electron chi connectivity index (χ4n) is 3.77. The zero-order chi connectivity index (χ0) is 24.4. The van der Waals surface area contributed by atoms with Crippen LogP contribution in [0.1, 0.15) is 39.9 Å². The van der Waals surface area contributed by atoms with Crippen LogP contribution in [0.25, 0.3) is 0 Å². The predicted molar refractivity (Wildman–Crippen MR) is 114 cm³/mol. The van der Waals surface area contributed by atoms with Gasteiger partial charge in [-0.05, 0) is 50.5 Å². The van der Waals surface area contributed by atoms with E-state index in [2.05, 4.69) is 0 Å². The number of sulfonamides is 1. The van der Waals surface area contributed by atoms with Crippen LogP contribution in [0.15, 0.2) is 47.4 Å². The number of carbonyl (C=O) groups excluding carboxylic acids is 2. The largest absolute Gasteiger partial charge is 0.457 e. The maximum absolute atomic E-state index is 13.3. The molecule has 1 saturated heterocycles. The van der Waals surface area contributed by atoms with E-state index < -0.39 is 45.2 Å². The van der Waals surface area contributed by atoms with Gasteiger partial charge in [0.1, 0.15) is 0 Å². The zero-order valence-electron chi connectivity index (χ0n) is 18.2. The summed E-state index contributed by atoms with van der Waals surface area (Å²) in [6, 6.07) is 9.41. The molecule has 0 radical (unpaired) electrons. The summed E-state index contributed by atoms with van der Waals surface area (Å²) in [4.78, 5) is 24.0. The van der Waals surface area contributed by atoms with Crippen LogP contribution in [-0.4, -0.2) is 44.2 Å². The van der Waals surface area contributed by atoms with E-state index >= 15 is 0 Å². The molecule has 2 aromatic rings. The maximum atomic E-state index is 13.3. The Labute approximate surface area is 190 Å². The van der Waals surface area contributed by atoms with Crippen molar-refractivity contribution in [2.75, 3.05) is 19.7 Å². The number of ketones is 1. The van der Waals surface area contributed by atoms with E-state index in [1.54, 1.807) is 19.1 Å². The van der Waals surface area contributed by atoms with Crippen LogP contribution in [0.2, 0.25) is 0 Å². The second-order valence-corrected chi connectivity index (χ2v) is 9.93. The third-order valence-corrected chi connectivity index (χ3v) is 7.59. The molecule has 1 fully saturated rings. The minimum Gasteiger partial charge on any atom is -0.457 e. The lowest BCUT2D eigenvalue weighted by Gasteiger charge is -2.30. The first kappa shape index (κ1) is 24.9. The monoisotopic (exact) mass is 483 g/mol. The topological polar surface area (TPSA) is 80.8 Å². The van der Waals surface area contributed by atoms with Gasteiger partial charge in [-0.2, -0.15) is 17.5 Å². The fraction of sp³-hybridized carbons (Fsp3) is 0.391. The number of alkyl halides is 3. The Morgan fingerprint density at radius 2 is 1.70 bits per heavy atom. The Balaban J connectivity index is 1.61. The van der Waals surface area contributed by atoms with Crippen LogP contribution in [0.4, 0.5) is 13.2 Å². The summed E-state index contributed by atoms with van der Waals surface area (Å²) in [5.41, 5.74) is 0.902. The van der Waals surface area contributed by atoms with Crippen LogP contribution < -0.4 is 0 Å². The highest BCUT2D eigenvalue weighted by molar-refractivity contribution is 7.89. The number of esters is 1. The number of aryl methyl sites for hydroxylation is 2. The molecule has 178 valence electrons. The number of rotatable bonds is 6. The smallest absolute Gasteiger partial charge is 0.417 e. The molecule has 0 aliphatic carbocycles. The Kier molecular flexibility index (Phi) is 7.28. The van der Waals surface area contributed by atoms with E-state index in [-0.39, 0.29) is 31.7 Å². The van der Waals surface area contributed by atoms with Crippen LogP contribution in [0, 0.1) is 19.8 Å². The number of halogens is 3. The lowest BCUT2D eigenvalue weighted by molar-refractivity contribution is -0.148. The lowest BCUT2D eigenvalue weighted by atomic mass is 9.98. The summed E-state index contributed by atoms with van der Waals surface area (Å²) in [7, 11) is -4.39. The molecule has 6 nitrogen and oxygen atoms in total. The minimum absolute atomic E-state index is 0.0872. The molecule has 3 rings (SSSR count). The van der Waals surface area contributed by atoms with Crippen molar-refractivity contribution in [2.45, 2.75) is 37.8 Å². The second-order valence-electron chi connectivity index (χ2n) is 8.02. The molecular weight excluding hydrogens is 459 g/mol. The highest BCUT2D eigenvalue weighted by atomic mass is 32.2. The molecule has 1 heterocycles. The molecule has 0 bridgehead atoms. The van der Waals surface area contributed by atoms with E-state index in [1.807, 2.05) is 13.0 Å². The molecule has 10 heteroatoms. The zero-order valence-corrected chi connectivity index (χ0v) is 19.0. The van der Waals surface area contributed by atoms with Crippen LogP contribution in [0.5, 0.6) is 0 Å². The van der Waals surface area contributed by atoms with Gasteiger partial charge in [0.25, 0.3) is 0 Å². The Hall–Kier alpha value is -2.72. The summed E-state index contributed by atoms with van der Waals surface area (Å²) < 4.78 is 71.5. The SMILES string of the molecule is Cc1ccc(C)c(C(=O)COC(=O)C2CCN(S(=O)(=O)c3ccccc3C(F)(F)F)CC2)c1.